The van der Waals surface area contributed by atoms with E-state index >= 15 is 0 Å². The highest BCUT2D eigenvalue weighted by Gasteiger charge is 2.21. The zero-order chi connectivity index (χ0) is 16.1. The van der Waals surface area contributed by atoms with E-state index in [0.29, 0.717) is 17.3 Å². The van der Waals surface area contributed by atoms with Gasteiger partial charge < -0.3 is 8.94 Å². The molecule has 0 amide bonds. The van der Waals surface area contributed by atoms with Crippen molar-refractivity contribution in [2.24, 2.45) is 0 Å². The number of nitrogens with zero attached hydrogens (tertiary/aromatic N) is 4. The molecule has 0 saturated heterocycles. The van der Waals surface area contributed by atoms with E-state index in [9.17, 15) is 4.79 Å². The Morgan fingerprint density at radius 2 is 2.29 bits per heavy atom. The van der Waals surface area contributed by atoms with Crippen LogP contribution < -0.4 is 5.56 Å². The fourth-order valence-corrected chi connectivity index (χ4v) is 4.33. The maximum atomic E-state index is 12.8. The molecule has 1 aliphatic carbocycles. The first-order valence-electron chi connectivity index (χ1n) is 7.64. The smallest absolute Gasteiger partial charge is 0.262 e. The van der Waals surface area contributed by atoms with E-state index < -0.39 is 0 Å². The number of furan rings is 1. The zero-order valence-electron chi connectivity index (χ0n) is 12.6. The minimum Gasteiger partial charge on any atom is -0.472 e. The molecule has 0 fully saturated rings. The third-order valence-electron chi connectivity index (χ3n) is 4.24. The lowest BCUT2D eigenvalue weighted by molar-refractivity contribution is 0.419. The van der Waals surface area contributed by atoms with Gasteiger partial charge >= 0.3 is 0 Å². The Hall–Kier alpha value is -2.74. The molecule has 0 atom stereocenters. The van der Waals surface area contributed by atoms with E-state index in [1.807, 2.05) is 0 Å². The number of thiophene rings is 1. The van der Waals surface area contributed by atoms with Crippen molar-refractivity contribution in [1.29, 1.82) is 0 Å². The summed E-state index contributed by atoms with van der Waals surface area (Å²) in [5.41, 5.74) is 1.86. The Morgan fingerprint density at radius 3 is 3.17 bits per heavy atom. The minimum absolute atomic E-state index is 0.0333. The molecule has 5 rings (SSSR count). The van der Waals surface area contributed by atoms with Gasteiger partial charge in [0.2, 0.25) is 0 Å². The lowest BCUT2D eigenvalue weighted by Gasteiger charge is -2.02. The molecule has 0 spiro atoms. The molecule has 0 unspecified atom stereocenters. The Morgan fingerprint density at radius 1 is 1.33 bits per heavy atom. The third kappa shape index (κ3) is 2.03. The van der Waals surface area contributed by atoms with Gasteiger partial charge in [0.05, 0.1) is 30.1 Å². The third-order valence-corrected chi connectivity index (χ3v) is 5.44. The van der Waals surface area contributed by atoms with Gasteiger partial charge in [0.15, 0.2) is 5.82 Å². The monoisotopic (exact) mass is 340 g/mol. The summed E-state index contributed by atoms with van der Waals surface area (Å²) < 4.78 is 11.8. The SMILES string of the molecule is O=c1c2c3c(sc2ncn1Cc1noc(-c2ccoc2)n1)CCC3. The van der Waals surface area contributed by atoms with E-state index in [1.54, 1.807) is 30.0 Å². The van der Waals surface area contributed by atoms with Crippen LogP contribution in [-0.2, 0) is 19.4 Å². The molecule has 0 bridgehead atoms. The molecule has 0 aliphatic heterocycles. The van der Waals surface area contributed by atoms with E-state index in [4.69, 9.17) is 8.94 Å². The van der Waals surface area contributed by atoms with Crippen molar-refractivity contribution in [3.8, 4) is 11.5 Å². The number of rotatable bonds is 3. The van der Waals surface area contributed by atoms with Crippen LogP contribution in [0.4, 0.5) is 0 Å². The quantitative estimate of drug-likeness (QED) is 0.570. The summed E-state index contributed by atoms with van der Waals surface area (Å²) in [6.07, 6.45) is 7.76. The van der Waals surface area contributed by atoms with Gasteiger partial charge in [-0.25, -0.2) is 4.98 Å². The Balaban J connectivity index is 1.53. The molecule has 0 saturated carbocycles. The number of aryl methyl sites for hydroxylation is 2. The molecule has 24 heavy (non-hydrogen) atoms. The lowest BCUT2D eigenvalue weighted by Crippen LogP contribution is -2.21. The Labute approximate surface area is 139 Å². The van der Waals surface area contributed by atoms with Gasteiger partial charge in [-0.1, -0.05) is 5.16 Å². The van der Waals surface area contributed by atoms with E-state index in [-0.39, 0.29) is 12.1 Å². The number of aromatic nitrogens is 4. The summed E-state index contributed by atoms with van der Waals surface area (Å²) >= 11 is 1.63. The summed E-state index contributed by atoms with van der Waals surface area (Å²) in [6, 6.07) is 1.74. The molecular formula is C16H12N4O3S. The van der Waals surface area contributed by atoms with Gasteiger partial charge in [-0.3, -0.25) is 9.36 Å². The molecule has 1 aliphatic rings. The average molecular weight is 340 g/mol. The fourth-order valence-electron chi connectivity index (χ4n) is 3.11. The number of hydrogen-bond donors (Lipinski definition) is 0. The summed E-state index contributed by atoms with van der Waals surface area (Å²) in [6.45, 7) is 0.230. The molecule has 7 nitrogen and oxygen atoms in total. The van der Waals surface area contributed by atoms with Crippen molar-refractivity contribution in [3.05, 3.63) is 51.5 Å². The van der Waals surface area contributed by atoms with Crippen LogP contribution >= 0.6 is 11.3 Å². The van der Waals surface area contributed by atoms with Crippen LogP contribution in [0.3, 0.4) is 0 Å². The highest BCUT2D eigenvalue weighted by Crippen LogP contribution is 2.34. The van der Waals surface area contributed by atoms with E-state index in [1.165, 1.54) is 21.3 Å². The fraction of sp³-hybridized carbons (Fsp3) is 0.250. The van der Waals surface area contributed by atoms with Crippen LogP contribution in [0.25, 0.3) is 21.7 Å². The number of fused-ring (bicyclic) bond motifs is 3. The second-order valence-corrected chi connectivity index (χ2v) is 6.83. The first-order chi connectivity index (χ1) is 11.8. The van der Waals surface area contributed by atoms with Crippen LogP contribution in [0.5, 0.6) is 0 Å². The maximum absolute atomic E-state index is 12.8. The molecule has 0 radical (unpaired) electrons. The van der Waals surface area contributed by atoms with Crippen molar-refractivity contribution in [3.63, 3.8) is 0 Å². The molecule has 120 valence electrons. The second-order valence-electron chi connectivity index (χ2n) is 5.74. The molecule has 0 aromatic carbocycles. The summed E-state index contributed by atoms with van der Waals surface area (Å²) in [5.74, 6) is 0.804. The van der Waals surface area contributed by atoms with Crippen LogP contribution in [0.2, 0.25) is 0 Å². The van der Waals surface area contributed by atoms with E-state index in [0.717, 1.165) is 29.5 Å². The van der Waals surface area contributed by atoms with Crippen LogP contribution in [0.1, 0.15) is 22.7 Å². The van der Waals surface area contributed by atoms with Crippen molar-refractivity contribution in [2.45, 2.75) is 25.8 Å². The van der Waals surface area contributed by atoms with Gasteiger partial charge in [0, 0.05) is 4.88 Å². The van der Waals surface area contributed by atoms with Crippen molar-refractivity contribution < 1.29 is 8.94 Å². The number of hydrogen-bond acceptors (Lipinski definition) is 7. The van der Waals surface area contributed by atoms with Crippen molar-refractivity contribution in [2.75, 3.05) is 0 Å². The largest absolute Gasteiger partial charge is 0.472 e. The van der Waals surface area contributed by atoms with Gasteiger partial charge in [-0.05, 0) is 30.9 Å². The summed E-state index contributed by atoms with van der Waals surface area (Å²) in [7, 11) is 0. The second kappa shape index (κ2) is 5.13. The molecule has 0 N–H and O–H groups in total. The lowest BCUT2D eigenvalue weighted by atomic mass is 10.2. The first-order valence-corrected chi connectivity index (χ1v) is 8.46. The normalized spacial score (nSPS) is 13.7. The molecule has 4 aromatic rings. The van der Waals surface area contributed by atoms with Crippen LogP contribution in [0, 0.1) is 0 Å². The topological polar surface area (TPSA) is 87.0 Å². The van der Waals surface area contributed by atoms with Gasteiger partial charge in [0.25, 0.3) is 11.4 Å². The van der Waals surface area contributed by atoms with Crippen molar-refractivity contribution in [1.82, 2.24) is 19.7 Å². The van der Waals surface area contributed by atoms with Crippen molar-refractivity contribution >= 4 is 21.6 Å². The van der Waals surface area contributed by atoms with E-state index in [2.05, 4.69) is 15.1 Å². The molecule has 4 heterocycles. The molecule has 4 aromatic heterocycles. The van der Waals surface area contributed by atoms with Gasteiger partial charge in [-0.15, -0.1) is 11.3 Å². The average Bonchev–Trinajstić information content (AvgIpc) is 3.33. The maximum Gasteiger partial charge on any atom is 0.262 e. The Kier molecular flexibility index (Phi) is 2.93. The predicted octanol–water partition coefficient (Wildman–Crippen LogP) is 2.64. The first kappa shape index (κ1) is 13.7. The standard InChI is InChI=1S/C16H12N4O3S/c21-16-13-10-2-1-3-11(10)24-15(13)17-8-20(16)6-12-18-14(23-19-12)9-4-5-22-7-9/h4-5,7-8H,1-3,6H2. The van der Waals surface area contributed by atoms with Crippen LogP contribution in [-0.4, -0.2) is 19.7 Å². The van der Waals surface area contributed by atoms with Gasteiger partial charge in [0.1, 0.15) is 11.1 Å². The van der Waals surface area contributed by atoms with Crippen LogP contribution in [0.15, 0.2) is 38.7 Å². The zero-order valence-corrected chi connectivity index (χ0v) is 13.4. The summed E-state index contributed by atoms with van der Waals surface area (Å²) in [4.78, 5) is 23.7. The van der Waals surface area contributed by atoms with Gasteiger partial charge in [-0.2, -0.15) is 4.98 Å². The summed E-state index contributed by atoms with van der Waals surface area (Å²) in [5, 5.41) is 4.69. The minimum atomic E-state index is -0.0333. The highest BCUT2D eigenvalue weighted by molar-refractivity contribution is 7.18. The highest BCUT2D eigenvalue weighted by atomic mass is 32.1. The molecule has 8 heteroatoms. The molecular weight excluding hydrogens is 328 g/mol. The predicted molar refractivity (Wildman–Crippen MR) is 87.0 cm³/mol. The Bertz CT molecular complexity index is 1090.